The summed E-state index contributed by atoms with van der Waals surface area (Å²) in [4.78, 5) is -0.0163. The number of fused-ring (bicyclic) bond motifs is 1. The molecule has 122 valence electrons. The summed E-state index contributed by atoms with van der Waals surface area (Å²) in [5.74, 6) is -0.560. The predicted octanol–water partition coefficient (Wildman–Crippen LogP) is 3.30. The van der Waals surface area contributed by atoms with Crippen molar-refractivity contribution in [1.82, 2.24) is 0 Å². The molecule has 3 rings (SSSR count). The van der Waals surface area contributed by atoms with Crippen LogP contribution in [-0.2, 0) is 16.3 Å². The average molecular weight is 334 g/mol. The van der Waals surface area contributed by atoms with Crippen LogP contribution in [0.3, 0.4) is 0 Å². The number of anilines is 2. The van der Waals surface area contributed by atoms with E-state index in [0.29, 0.717) is 5.69 Å². The number of nitrogens with two attached hydrogens (primary N) is 1. The van der Waals surface area contributed by atoms with Gasteiger partial charge in [-0.25, -0.2) is 12.8 Å². The van der Waals surface area contributed by atoms with E-state index in [1.807, 2.05) is 18.2 Å². The van der Waals surface area contributed by atoms with Gasteiger partial charge < -0.3 is 11.1 Å². The Morgan fingerprint density at radius 2 is 2.00 bits per heavy atom. The highest BCUT2D eigenvalue weighted by Crippen LogP contribution is 2.34. The molecule has 0 saturated heterocycles. The Labute approximate surface area is 135 Å². The van der Waals surface area contributed by atoms with Crippen LogP contribution < -0.4 is 11.1 Å². The summed E-state index contributed by atoms with van der Waals surface area (Å²) in [7, 11) is -3.41. The second kappa shape index (κ2) is 5.85. The van der Waals surface area contributed by atoms with Crippen LogP contribution in [0.2, 0.25) is 0 Å². The maximum atomic E-state index is 14.2. The van der Waals surface area contributed by atoms with Gasteiger partial charge in [0.2, 0.25) is 0 Å². The zero-order chi connectivity index (χ0) is 16.6. The SMILES string of the molecule is CS(=O)(=O)c1ccc(NC2CCCc3cc(N)ccc32)c(F)c1. The molecular weight excluding hydrogens is 315 g/mol. The molecule has 0 bridgehead atoms. The Hall–Kier alpha value is -2.08. The quantitative estimate of drug-likeness (QED) is 0.845. The van der Waals surface area contributed by atoms with Crippen molar-refractivity contribution in [3.8, 4) is 0 Å². The molecule has 3 N–H and O–H groups in total. The Morgan fingerprint density at radius 1 is 1.22 bits per heavy atom. The molecule has 0 amide bonds. The summed E-state index contributed by atoms with van der Waals surface area (Å²) in [5.41, 5.74) is 9.17. The third-order valence-corrected chi connectivity index (χ3v) is 5.29. The van der Waals surface area contributed by atoms with E-state index in [2.05, 4.69) is 5.32 Å². The molecule has 6 heteroatoms. The number of hydrogen-bond acceptors (Lipinski definition) is 4. The number of nitrogen functional groups attached to an aromatic ring is 1. The fraction of sp³-hybridized carbons (Fsp3) is 0.294. The van der Waals surface area contributed by atoms with Crippen LogP contribution in [0, 0.1) is 5.82 Å². The molecule has 1 atom stereocenters. The van der Waals surface area contributed by atoms with E-state index >= 15 is 0 Å². The fourth-order valence-corrected chi connectivity index (χ4v) is 3.65. The largest absolute Gasteiger partial charge is 0.399 e. The van der Waals surface area contributed by atoms with Gasteiger partial charge in [0.15, 0.2) is 9.84 Å². The van der Waals surface area contributed by atoms with Crippen LogP contribution in [0.4, 0.5) is 15.8 Å². The van der Waals surface area contributed by atoms with Gasteiger partial charge in [-0.1, -0.05) is 6.07 Å². The highest BCUT2D eigenvalue weighted by atomic mass is 32.2. The van der Waals surface area contributed by atoms with Gasteiger partial charge >= 0.3 is 0 Å². The second-order valence-corrected chi connectivity index (χ2v) is 7.98. The standard InChI is InChI=1S/C17H19FN2O2S/c1-23(21,22)13-6-8-17(15(18)10-13)20-16-4-2-3-11-9-12(19)5-7-14(11)16/h5-10,16,20H,2-4,19H2,1H3. The third-order valence-electron chi connectivity index (χ3n) is 4.18. The molecule has 1 aliphatic carbocycles. The van der Waals surface area contributed by atoms with Crippen LogP contribution in [0.15, 0.2) is 41.3 Å². The minimum absolute atomic E-state index is 0.00191. The first-order valence-corrected chi connectivity index (χ1v) is 9.38. The van der Waals surface area contributed by atoms with E-state index in [-0.39, 0.29) is 10.9 Å². The summed E-state index contributed by atoms with van der Waals surface area (Å²) < 4.78 is 37.2. The molecule has 0 saturated carbocycles. The topological polar surface area (TPSA) is 72.2 Å². The van der Waals surface area contributed by atoms with E-state index in [9.17, 15) is 12.8 Å². The van der Waals surface area contributed by atoms with Crippen molar-refractivity contribution in [2.24, 2.45) is 0 Å². The number of hydrogen-bond donors (Lipinski definition) is 2. The molecule has 1 aliphatic rings. The maximum absolute atomic E-state index is 14.2. The molecule has 23 heavy (non-hydrogen) atoms. The zero-order valence-corrected chi connectivity index (χ0v) is 13.7. The van der Waals surface area contributed by atoms with E-state index in [0.717, 1.165) is 42.8 Å². The number of sulfone groups is 1. The van der Waals surface area contributed by atoms with Crippen LogP contribution in [0.1, 0.15) is 30.0 Å². The highest BCUT2D eigenvalue weighted by Gasteiger charge is 2.21. The van der Waals surface area contributed by atoms with Crippen molar-refractivity contribution < 1.29 is 12.8 Å². The molecule has 2 aromatic carbocycles. The van der Waals surface area contributed by atoms with Crippen LogP contribution >= 0.6 is 0 Å². The first-order valence-electron chi connectivity index (χ1n) is 7.49. The number of rotatable bonds is 3. The molecule has 0 aliphatic heterocycles. The summed E-state index contributed by atoms with van der Waals surface area (Å²) in [5, 5.41) is 3.19. The van der Waals surface area contributed by atoms with Gasteiger partial charge in [-0.3, -0.25) is 0 Å². The van der Waals surface area contributed by atoms with Crippen LogP contribution in [0.5, 0.6) is 0 Å². The number of halogens is 1. The monoisotopic (exact) mass is 334 g/mol. The lowest BCUT2D eigenvalue weighted by molar-refractivity contribution is 0.582. The maximum Gasteiger partial charge on any atom is 0.175 e. The molecule has 1 unspecified atom stereocenters. The van der Waals surface area contributed by atoms with E-state index in [4.69, 9.17) is 5.73 Å². The summed E-state index contributed by atoms with van der Waals surface area (Å²) >= 11 is 0. The summed E-state index contributed by atoms with van der Waals surface area (Å²) in [6.45, 7) is 0. The van der Waals surface area contributed by atoms with Gasteiger partial charge in [-0.05, 0) is 60.7 Å². The first-order chi connectivity index (χ1) is 10.8. The molecule has 4 nitrogen and oxygen atoms in total. The van der Waals surface area contributed by atoms with Crippen molar-refractivity contribution in [3.05, 3.63) is 53.3 Å². The van der Waals surface area contributed by atoms with E-state index in [1.54, 1.807) is 0 Å². The normalized spacial score (nSPS) is 17.6. The van der Waals surface area contributed by atoms with Gasteiger partial charge in [-0.2, -0.15) is 0 Å². The minimum atomic E-state index is -3.41. The minimum Gasteiger partial charge on any atom is -0.399 e. The Morgan fingerprint density at radius 3 is 2.70 bits per heavy atom. The molecule has 0 radical (unpaired) electrons. The lowest BCUT2D eigenvalue weighted by atomic mass is 9.87. The highest BCUT2D eigenvalue weighted by molar-refractivity contribution is 7.90. The fourth-order valence-electron chi connectivity index (χ4n) is 3.02. The van der Waals surface area contributed by atoms with E-state index < -0.39 is 15.7 Å². The smallest absolute Gasteiger partial charge is 0.175 e. The molecule has 2 aromatic rings. The molecule has 0 spiro atoms. The second-order valence-electron chi connectivity index (χ2n) is 5.96. The average Bonchev–Trinajstić information content (AvgIpc) is 2.48. The van der Waals surface area contributed by atoms with Crippen molar-refractivity contribution >= 4 is 21.2 Å². The van der Waals surface area contributed by atoms with Gasteiger partial charge in [0, 0.05) is 11.9 Å². The first kappa shape index (κ1) is 15.8. The molecule has 0 fully saturated rings. The van der Waals surface area contributed by atoms with E-state index in [1.165, 1.54) is 17.7 Å². The number of benzene rings is 2. The van der Waals surface area contributed by atoms with Crippen LogP contribution in [-0.4, -0.2) is 14.7 Å². The van der Waals surface area contributed by atoms with Crippen molar-refractivity contribution in [1.29, 1.82) is 0 Å². The predicted molar refractivity (Wildman–Crippen MR) is 89.7 cm³/mol. The van der Waals surface area contributed by atoms with Crippen LogP contribution in [0.25, 0.3) is 0 Å². The molecular formula is C17H19FN2O2S. The zero-order valence-electron chi connectivity index (χ0n) is 12.8. The number of aryl methyl sites for hydroxylation is 1. The van der Waals surface area contributed by atoms with Gasteiger partial charge in [0.25, 0.3) is 0 Å². The lowest BCUT2D eigenvalue weighted by Gasteiger charge is -2.27. The molecule has 0 aromatic heterocycles. The lowest BCUT2D eigenvalue weighted by Crippen LogP contribution is -2.18. The Kier molecular flexibility index (Phi) is 4.02. The summed E-state index contributed by atoms with van der Waals surface area (Å²) in [6, 6.07) is 9.76. The Balaban J connectivity index is 1.89. The van der Waals surface area contributed by atoms with Gasteiger partial charge in [-0.15, -0.1) is 0 Å². The van der Waals surface area contributed by atoms with Gasteiger partial charge in [0.05, 0.1) is 16.6 Å². The van der Waals surface area contributed by atoms with Crippen molar-refractivity contribution in [2.75, 3.05) is 17.3 Å². The Bertz CT molecular complexity index is 850. The number of nitrogens with one attached hydrogen (secondary N) is 1. The third kappa shape index (κ3) is 3.32. The van der Waals surface area contributed by atoms with Crippen molar-refractivity contribution in [3.63, 3.8) is 0 Å². The van der Waals surface area contributed by atoms with Gasteiger partial charge in [0.1, 0.15) is 5.82 Å². The summed E-state index contributed by atoms with van der Waals surface area (Å²) in [6.07, 6.45) is 3.92. The molecule has 0 heterocycles. The van der Waals surface area contributed by atoms with Crippen molar-refractivity contribution in [2.45, 2.75) is 30.2 Å².